The van der Waals surface area contributed by atoms with E-state index in [0.717, 1.165) is 84.8 Å². The number of carboxylic acid groups (broad SMARTS) is 2. The molecular weight excluding hydrogens is 1050 g/mol. The molecule has 4 aliphatic heterocycles. The van der Waals surface area contributed by atoms with Gasteiger partial charge in [-0.15, -0.1) is 0 Å². The van der Waals surface area contributed by atoms with Crippen molar-refractivity contribution in [3.63, 3.8) is 0 Å². The van der Waals surface area contributed by atoms with Crippen molar-refractivity contribution in [2.24, 2.45) is 0 Å². The summed E-state index contributed by atoms with van der Waals surface area (Å²) in [5, 5.41) is 44.8. The number of fused-ring (bicyclic) bond motifs is 2. The molecule has 0 saturated carbocycles. The van der Waals surface area contributed by atoms with Gasteiger partial charge in [0.15, 0.2) is 0 Å². The van der Waals surface area contributed by atoms with Crippen LogP contribution in [0.5, 0.6) is 11.5 Å². The number of hydrogen-bond donors (Lipinski definition) is 6. The maximum Gasteiger partial charge on any atom is 0.328 e. The monoisotopic (exact) mass is 1120 g/mol. The molecule has 4 fully saturated rings. The molecule has 4 aliphatic rings. The minimum Gasteiger partial charge on any atom is -0.506 e. The van der Waals surface area contributed by atoms with Gasteiger partial charge in [-0.25, -0.2) is 28.3 Å². The highest BCUT2D eigenvalue weighted by Gasteiger charge is 2.28. The highest BCUT2D eigenvalue weighted by atomic mass is 19.1. The van der Waals surface area contributed by atoms with E-state index in [9.17, 15) is 47.8 Å². The molecule has 0 radical (unpaired) electrons. The molecule has 20 heteroatoms. The van der Waals surface area contributed by atoms with Crippen LogP contribution in [0.3, 0.4) is 0 Å². The van der Waals surface area contributed by atoms with Crippen LogP contribution in [0.15, 0.2) is 133 Å². The van der Waals surface area contributed by atoms with Crippen molar-refractivity contribution < 1.29 is 58.0 Å². The van der Waals surface area contributed by atoms with Gasteiger partial charge in [0.05, 0.1) is 12.4 Å². The van der Waals surface area contributed by atoms with Gasteiger partial charge < -0.3 is 40.9 Å². The fourth-order valence-electron chi connectivity index (χ4n) is 10.6. The molecule has 4 amide bonds. The number of aryl methyl sites for hydroxylation is 2. The molecule has 6 aromatic rings. The Kier molecular flexibility index (Phi) is 19.9. The number of piperidine rings is 2. The van der Waals surface area contributed by atoms with Crippen LogP contribution in [0.1, 0.15) is 81.8 Å². The average molecular weight is 1120 g/mol. The van der Waals surface area contributed by atoms with Gasteiger partial charge in [-0.2, -0.15) is 0 Å². The van der Waals surface area contributed by atoms with Crippen molar-refractivity contribution in [1.29, 1.82) is 0 Å². The van der Waals surface area contributed by atoms with Crippen LogP contribution in [0.4, 0.5) is 8.78 Å². The lowest BCUT2D eigenvalue weighted by molar-refractivity contribution is -0.134. The van der Waals surface area contributed by atoms with Crippen LogP contribution in [-0.4, -0.2) is 150 Å². The Labute approximate surface area is 473 Å². The largest absolute Gasteiger partial charge is 0.506 e. The summed E-state index contributed by atoms with van der Waals surface area (Å²) in [4.78, 5) is 86.4. The van der Waals surface area contributed by atoms with E-state index in [0.29, 0.717) is 86.5 Å². The second-order valence-electron chi connectivity index (χ2n) is 21.0. The van der Waals surface area contributed by atoms with Crippen molar-refractivity contribution in [2.75, 3.05) is 52.4 Å². The zero-order valence-corrected chi connectivity index (χ0v) is 45.7. The number of carboxylic acids is 2. The second-order valence-corrected chi connectivity index (χ2v) is 21.0. The Morgan fingerprint density at radius 2 is 0.902 bits per heavy atom. The Morgan fingerprint density at radius 1 is 0.537 bits per heavy atom. The lowest BCUT2D eigenvalue weighted by atomic mass is 10.0. The summed E-state index contributed by atoms with van der Waals surface area (Å²) in [5.74, 6) is -3.34. The third-order valence-corrected chi connectivity index (χ3v) is 14.7. The molecule has 6 N–H and O–H groups in total. The van der Waals surface area contributed by atoms with E-state index in [1.165, 1.54) is 47.8 Å². The molecule has 82 heavy (non-hydrogen) atoms. The lowest BCUT2D eigenvalue weighted by Crippen LogP contribution is -2.38. The summed E-state index contributed by atoms with van der Waals surface area (Å²) in [7, 11) is 0. The van der Waals surface area contributed by atoms with Crippen LogP contribution >= 0.6 is 0 Å². The summed E-state index contributed by atoms with van der Waals surface area (Å²) >= 11 is 0. The molecule has 4 aromatic carbocycles. The third-order valence-electron chi connectivity index (χ3n) is 14.7. The fraction of sp³-hybridized carbons (Fsp3) is 0.323. The normalized spacial score (nSPS) is 17.4. The van der Waals surface area contributed by atoms with Gasteiger partial charge in [0, 0.05) is 102 Å². The summed E-state index contributed by atoms with van der Waals surface area (Å²) in [5.41, 5.74) is 6.43. The van der Waals surface area contributed by atoms with Gasteiger partial charge in [-0.1, -0.05) is 47.5 Å². The Hall–Kier alpha value is -8.88. The first-order chi connectivity index (χ1) is 39.3. The maximum absolute atomic E-state index is 13.4. The smallest absolute Gasteiger partial charge is 0.328 e. The predicted octanol–water partition coefficient (Wildman–Crippen LogP) is 7.59. The number of hydrogen-bond acceptors (Lipinski definition) is 12. The predicted molar refractivity (Wildman–Crippen MR) is 304 cm³/mol. The zero-order chi connectivity index (χ0) is 58.5. The molecule has 18 nitrogen and oxygen atoms in total. The zero-order valence-electron chi connectivity index (χ0n) is 45.7. The summed E-state index contributed by atoms with van der Waals surface area (Å²) in [6.07, 6.45) is 11.5. The number of aliphatic carboxylic acids is 2. The number of benzene rings is 4. The fourth-order valence-corrected chi connectivity index (χ4v) is 10.6. The highest BCUT2D eigenvalue weighted by molar-refractivity contribution is 5.95. The molecule has 0 aliphatic carbocycles. The first-order valence-corrected chi connectivity index (χ1v) is 27.2. The number of pyridine rings is 2. The van der Waals surface area contributed by atoms with Crippen molar-refractivity contribution in [3.05, 3.63) is 178 Å². The van der Waals surface area contributed by atoms with Crippen molar-refractivity contribution in [3.8, 4) is 11.5 Å². The second kappa shape index (κ2) is 27.5. The molecule has 6 heterocycles. The number of nitrogens with one attached hydrogen (secondary N) is 2. The first kappa shape index (κ1) is 59.2. The van der Waals surface area contributed by atoms with Gasteiger partial charge in [0.1, 0.15) is 34.5 Å². The molecule has 0 bridgehead atoms. The van der Waals surface area contributed by atoms with Crippen molar-refractivity contribution in [1.82, 2.24) is 40.2 Å². The molecule has 428 valence electrons. The van der Waals surface area contributed by atoms with Gasteiger partial charge >= 0.3 is 11.9 Å². The number of aromatic nitrogens is 2. The van der Waals surface area contributed by atoms with Gasteiger partial charge in [0.2, 0.25) is 11.8 Å². The Bertz CT molecular complexity index is 3230. The summed E-state index contributed by atoms with van der Waals surface area (Å²) in [6.45, 7) is 10.6. The number of amides is 4. The summed E-state index contributed by atoms with van der Waals surface area (Å²) < 4.78 is 26.9. The maximum atomic E-state index is 13.4. The number of rotatable bonds is 12. The van der Waals surface area contributed by atoms with Gasteiger partial charge in [-0.3, -0.25) is 29.0 Å². The number of carbonyl (C=O) groups is 6. The Balaban J connectivity index is 0.000000190. The number of nitrogens with zero attached hydrogens (tertiary/aromatic N) is 6. The van der Waals surface area contributed by atoms with Crippen LogP contribution in [0.2, 0.25) is 0 Å². The topological polar surface area (TPSA) is 246 Å². The molecule has 2 aromatic heterocycles. The van der Waals surface area contributed by atoms with E-state index < -0.39 is 11.9 Å². The highest BCUT2D eigenvalue weighted by Crippen LogP contribution is 2.25. The number of carbonyl (C=O) groups excluding carboxylic acids is 4. The van der Waals surface area contributed by atoms with Gasteiger partial charge in [-0.05, 0) is 145 Å². The molecule has 10 rings (SSSR count). The van der Waals surface area contributed by atoms with Crippen molar-refractivity contribution in [2.45, 2.75) is 77.5 Å². The van der Waals surface area contributed by atoms with E-state index in [1.807, 2.05) is 24.3 Å². The summed E-state index contributed by atoms with van der Waals surface area (Å²) in [6, 6.07) is 25.1. The van der Waals surface area contributed by atoms with E-state index in [2.05, 4.69) is 42.5 Å². The lowest BCUT2D eigenvalue weighted by Gasteiger charge is -2.28. The third kappa shape index (κ3) is 16.8. The van der Waals surface area contributed by atoms with E-state index in [4.69, 9.17) is 10.2 Å². The minimum atomic E-state index is -1.26. The number of likely N-dealkylation sites (tertiary alicyclic amines) is 4. The molecule has 2 atom stereocenters. The quantitative estimate of drug-likeness (QED) is 0.0647. The first-order valence-electron chi connectivity index (χ1n) is 27.2. The standard InChI is InChI=1S/2C29H31FN4O3.C4H4O4/c2*1-19-12-26(35)16-31-28(19)29(37)34-10-6-20(7-11-34)14-27(36)32-25-8-9-33(18-25)17-21-2-3-23-15-24(30)5-4-22(23)13-21;5-3(6)1-2-4(7)8/h2*2-5,12-16,25,35H,6-11,17-18H2,1H3,(H,32,36);1-2H,(H,5,6)(H,7,8)/b;;2-1+/t2*25-;/m11./s1. The minimum absolute atomic E-state index is 0.0424. The van der Waals surface area contributed by atoms with E-state index >= 15 is 0 Å². The van der Waals surface area contributed by atoms with Crippen molar-refractivity contribution >= 4 is 57.1 Å². The average Bonchev–Trinajstić information content (AvgIpc) is 4.22. The van der Waals surface area contributed by atoms with E-state index in [1.54, 1.807) is 60.1 Å². The molecule has 0 unspecified atom stereocenters. The van der Waals surface area contributed by atoms with Crippen LogP contribution < -0.4 is 10.6 Å². The SMILES string of the molecule is Cc1cc(O)cnc1C(=O)N1CCC(=CC(=O)N[C@@H]2CCN(Cc3ccc4cc(F)ccc4c3)C2)CC1.Cc1cc(O)cnc1C(=O)N1CCC(=CC(=O)N[C@@H]2CCN(Cc3ccc4cc(F)ccc4c3)C2)CC1.O=C(O)/C=C/C(=O)O. The van der Waals surface area contributed by atoms with Crippen LogP contribution in [-0.2, 0) is 32.3 Å². The molecule has 0 spiro atoms. The number of aromatic hydroxyl groups is 2. The van der Waals surface area contributed by atoms with Crippen LogP contribution in [0, 0.1) is 25.5 Å². The van der Waals surface area contributed by atoms with Crippen LogP contribution in [0.25, 0.3) is 21.5 Å². The Morgan fingerprint density at radius 3 is 1.27 bits per heavy atom. The van der Waals surface area contributed by atoms with E-state index in [-0.39, 0.29) is 58.8 Å². The molecule has 4 saturated heterocycles. The number of halogens is 2. The molecular formula is C62H66F2N8O10. The van der Waals surface area contributed by atoms with Gasteiger partial charge in [0.25, 0.3) is 11.8 Å².